The van der Waals surface area contributed by atoms with E-state index in [4.69, 9.17) is 9.84 Å². The van der Waals surface area contributed by atoms with E-state index in [1.165, 1.54) is 0 Å². The van der Waals surface area contributed by atoms with E-state index in [9.17, 15) is 0 Å². The lowest BCUT2D eigenvalue weighted by molar-refractivity contribution is 0.120. The summed E-state index contributed by atoms with van der Waals surface area (Å²) < 4.78 is 5.27. The molecule has 1 atom stereocenters. The quantitative estimate of drug-likeness (QED) is 0.835. The molecule has 1 N–H and O–H groups in total. The van der Waals surface area contributed by atoms with Gasteiger partial charge in [-0.3, -0.25) is 0 Å². The first kappa shape index (κ1) is 13.9. The second-order valence-electron chi connectivity index (χ2n) is 3.28. The molecule has 0 fully saturated rings. The molecular formula is C12H21NO2. The molecule has 0 aliphatic rings. The molecule has 86 valence electrons. The van der Waals surface area contributed by atoms with E-state index < -0.39 is 6.10 Å². The van der Waals surface area contributed by atoms with Crippen molar-refractivity contribution in [2.24, 2.45) is 0 Å². The summed E-state index contributed by atoms with van der Waals surface area (Å²) in [6.45, 7) is 9.88. The fourth-order valence-electron chi connectivity index (χ4n) is 1.08. The number of ether oxygens (including phenoxy) is 1. The van der Waals surface area contributed by atoms with Crippen LogP contribution in [0.5, 0.6) is 5.88 Å². The van der Waals surface area contributed by atoms with E-state index in [1.807, 2.05) is 39.8 Å². The van der Waals surface area contributed by atoms with Crippen molar-refractivity contribution >= 4 is 0 Å². The van der Waals surface area contributed by atoms with Gasteiger partial charge < -0.3 is 9.84 Å². The van der Waals surface area contributed by atoms with Crippen molar-refractivity contribution in [3.8, 4) is 5.88 Å². The molecule has 0 saturated carbocycles. The van der Waals surface area contributed by atoms with E-state index in [0.29, 0.717) is 5.88 Å². The van der Waals surface area contributed by atoms with E-state index in [1.54, 1.807) is 6.92 Å². The highest BCUT2D eigenvalue weighted by Crippen LogP contribution is 2.11. The topological polar surface area (TPSA) is 42.4 Å². The predicted molar refractivity (Wildman–Crippen MR) is 62.2 cm³/mol. The zero-order valence-corrected chi connectivity index (χ0v) is 10.2. The van der Waals surface area contributed by atoms with E-state index in [2.05, 4.69) is 4.98 Å². The third-order valence-corrected chi connectivity index (χ3v) is 1.55. The Bertz CT molecular complexity index is 265. The maximum atomic E-state index is 9.00. The number of rotatable bonds is 3. The highest BCUT2D eigenvalue weighted by Gasteiger charge is 2.00. The van der Waals surface area contributed by atoms with Crippen LogP contribution < -0.4 is 4.74 Å². The van der Waals surface area contributed by atoms with Crippen molar-refractivity contribution in [2.75, 3.05) is 6.61 Å². The Labute approximate surface area is 92.1 Å². The Morgan fingerprint density at radius 2 is 1.93 bits per heavy atom. The first-order valence-corrected chi connectivity index (χ1v) is 5.34. The molecule has 15 heavy (non-hydrogen) atoms. The Morgan fingerprint density at radius 3 is 2.40 bits per heavy atom. The highest BCUT2D eigenvalue weighted by atomic mass is 16.5. The van der Waals surface area contributed by atoms with Crippen LogP contribution in [0.25, 0.3) is 0 Å². The van der Waals surface area contributed by atoms with Crippen molar-refractivity contribution in [3.05, 3.63) is 23.4 Å². The lowest BCUT2D eigenvalue weighted by atomic mass is 10.2. The van der Waals surface area contributed by atoms with Gasteiger partial charge in [0.05, 0.1) is 6.10 Å². The third kappa shape index (κ3) is 6.07. The Hall–Kier alpha value is -1.09. The number of aryl methyl sites for hydroxylation is 2. The van der Waals surface area contributed by atoms with E-state index in [-0.39, 0.29) is 6.61 Å². The summed E-state index contributed by atoms with van der Waals surface area (Å²) >= 11 is 0. The fourth-order valence-corrected chi connectivity index (χ4v) is 1.08. The summed E-state index contributed by atoms with van der Waals surface area (Å²) in [7, 11) is 0. The van der Waals surface area contributed by atoms with Gasteiger partial charge in [0, 0.05) is 11.8 Å². The van der Waals surface area contributed by atoms with Gasteiger partial charge in [-0.25, -0.2) is 4.98 Å². The van der Waals surface area contributed by atoms with Crippen LogP contribution in [-0.2, 0) is 0 Å². The van der Waals surface area contributed by atoms with Gasteiger partial charge in [-0.15, -0.1) is 0 Å². The summed E-state index contributed by atoms with van der Waals surface area (Å²) in [6, 6.07) is 3.84. The van der Waals surface area contributed by atoms with Crippen molar-refractivity contribution in [2.45, 2.75) is 40.7 Å². The fraction of sp³-hybridized carbons (Fsp3) is 0.583. The summed E-state index contributed by atoms with van der Waals surface area (Å²) in [5, 5.41) is 9.00. The number of aliphatic hydroxyl groups excluding tert-OH is 1. The summed E-state index contributed by atoms with van der Waals surface area (Å²) in [4.78, 5) is 4.17. The van der Waals surface area contributed by atoms with Crippen LogP contribution >= 0.6 is 0 Å². The van der Waals surface area contributed by atoms with Gasteiger partial charge in [0.15, 0.2) is 0 Å². The largest absolute Gasteiger partial charge is 0.475 e. The van der Waals surface area contributed by atoms with Crippen LogP contribution in [0, 0.1) is 13.8 Å². The molecule has 1 aromatic heterocycles. The molecule has 0 aliphatic heterocycles. The molecule has 0 radical (unpaired) electrons. The number of nitrogens with zero attached hydrogens (tertiary/aromatic N) is 1. The minimum atomic E-state index is -0.456. The third-order valence-electron chi connectivity index (χ3n) is 1.55. The molecule has 0 amide bonds. The number of pyridine rings is 1. The molecule has 1 rings (SSSR count). The summed E-state index contributed by atoms with van der Waals surface area (Å²) in [6.07, 6.45) is -0.456. The zero-order valence-electron chi connectivity index (χ0n) is 10.2. The molecule has 0 aliphatic carbocycles. The molecule has 0 saturated heterocycles. The van der Waals surface area contributed by atoms with Crippen molar-refractivity contribution in [3.63, 3.8) is 0 Å². The molecule has 0 bridgehead atoms. The van der Waals surface area contributed by atoms with Gasteiger partial charge in [-0.05, 0) is 32.4 Å². The van der Waals surface area contributed by atoms with Gasteiger partial charge in [0.25, 0.3) is 0 Å². The smallest absolute Gasteiger partial charge is 0.213 e. The number of aliphatic hydroxyl groups is 1. The maximum Gasteiger partial charge on any atom is 0.213 e. The van der Waals surface area contributed by atoms with Gasteiger partial charge >= 0.3 is 0 Å². The van der Waals surface area contributed by atoms with Crippen LogP contribution in [0.15, 0.2) is 12.1 Å². The predicted octanol–water partition coefficient (Wildman–Crippen LogP) is 2.48. The van der Waals surface area contributed by atoms with Crippen LogP contribution in [0.3, 0.4) is 0 Å². The average molecular weight is 211 g/mol. The van der Waals surface area contributed by atoms with Gasteiger partial charge in [0.1, 0.15) is 6.61 Å². The normalized spacial score (nSPS) is 11.3. The first-order valence-electron chi connectivity index (χ1n) is 5.34. The number of aromatic nitrogens is 1. The monoisotopic (exact) mass is 211 g/mol. The average Bonchev–Trinajstić information content (AvgIpc) is 2.16. The SMILES string of the molecule is CC.Cc1cc(C)nc(OCC(C)O)c1. The van der Waals surface area contributed by atoms with Crippen molar-refractivity contribution < 1.29 is 9.84 Å². The Kier molecular flexibility index (Phi) is 6.71. The van der Waals surface area contributed by atoms with Crippen LogP contribution in [0.1, 0.15) is 32.0 Å². The molecule has 0 spiro atoms. The number of hydrogen-bond acceptors (Lipinski definition) is 3. The van der Waals surface area contributed by atoms with Crippen LogP contribution in [0.2, 0.25) is 0 Å². The van der Waals surface area contributed by atoms with Crippen molar-refractivity contribution in [1.29, 1.82) is 0 Å². The lowest BCUT2D eigenvalue weighted by Gasteiger charge is -2.08. The number of hydrogen-bond donors (Lipinski definition) is 1. The van der Waals surface area contributed by atoms with E-state index >= 15 is 0 Å². The Balaban J connectivity index is 0.000000921. The van der Waals surface area contributed by atoms with Gasteiger partial charge in [0.2, 0.25) is 5.88 Å². The second-order valence-corrected chi connectivity index (χ2v) is 3.28. The Morgan fingerprint density at radius 1 is 1.33 bits per heavy atom. The van der Waals surface area contributed by atoms with Gasteiger partial charge in [-0.1, -0.05) is 13.8 Å². The molecule has 1 unspecified atom stereocenters. The molecule has 1 aromatic rings. The molecule has 1 heterocycles. The highest BCUT2D eigenvalue weighted by molar-refractivity contribution is 5.23. The molecule has 3 heteroatoms. The van der Waals surface area contributed by atoms with Crippen LogP contribution in [-0.4, -0.2) is 22.8 Å². The summed E-state index contributed by atoms with van der Waals surface area (Å²) in [5.41, 5.74) is 2.05. The minimum Gasteiger partial charge on any atom is -0.475 e. The molecule has 3 nitrogen and oxygen atoms in total. The molecule has 0 aromatic carbocycles. The van der Waals surface area contributed by atoms with Gasteiger partial charge in [-0.2, -0.15) is 0 Å². The lowest BCUT2D eigenvalue weighted by Crippen LogP contribution is -2.13. The van der Waals surface area contributed by atoms with E-state index in [0.717, 1.165) is 11.3 Å². The zero-order chi connectivity index (χ0) is 11.8. The first-order chi connectivity index (χ1) is 7.08. The maximum absolute atomic E-state index is 9.00. The summed E-state index contributed by atoms with van der Waals surface area (Å²) in [5.74, 6) is 0.582. The molecular weight excluding hydrogens is 190 g/mol. The van der Waals surface area contributed by atoms with Crippen LogP contribution in [0.4, 0.5) is 0 Å². The second kappa shape index (κ2) is 7.23. The van der Waals surface area contributed by atoms with Crippen molar-refractivity contribution in [1.82, 2.24) is 4.98 Å². The minimum absolute atomic E-state index is 0.288. The standard InChI is InChI=1S/C10H15NO2.C2H6/c1-7-4-8(2)11-10(5-7)13-6-9(3)12;1-2/h4-5,9,12H,6H2,1-3H3;1-2H3.